The summed E-state index contributed by atoms with van der Waals surface area (Å²) in [5, 5.41) is 3.12. The first-order valence-electron chi connectivity index (χ1n) is 9.65. The van der Waals surface area contributed by atoms with Crippen molar-refractivity contribution in [2.75, 3.05) is 32.5 Å². The molecular weight excluding hydrogens is 409 g/mol. The molecule has 3 rings (SSSR count). The lowest BCUT2D eigenvalue weighted by molar-refractivity contribution is -0.121. The van der Waals surface area contributed by atoms with Gasteiger partial charge in [0.25, 0.3) is 0 Å². The molecule has 0 aliphatic carbocycles. The summed E-state index contributed by atoms with van der Waals surface area (Å²) < 4.78 is 5.26. The van der Waals surface area contributed by atoms with Crippen LogP contribution in [0.15, 0.2) is 48.5 Å². The number of benzene rings is 2. The summed E-state index contributed by atoms with van der Waals surface area (Å²) in [6.07, 6.45) is 3.54. The maximum Gasteiger partial charge on any atom is 0.220 e. The second-order valence-corrected chi connectivity index (χ2v) is 7.03. The number of aryl methyl sites for hydroxylation is 1. The van der Waals surface area contributed by atoms with Crippen molar-refractivity contribution in [1.82, 2.24) is 10.2 Å². The number of carbonyl (C=O) groups excluding carboxylic acids is 1. The van der Waals surface area contributed by atoms with Crippen molar-refractivity contribution in [3.05, 3.63) is 59.7 Å². The summed E-state index contributed by atoms with van der Waals surface area (Å²) in [4.78, 5) is 14.8. The Bertz CT molecular complexity index is 750. The molecule has 7 heteroatoms. The molecule has 0 saturated carbocycles. The second kappa shape index (κ2) is 12.6. The van der Waals surface area contributed by atoms with Crippen molar-refractivity contribution in [1.29, 1.82) is 0 Å². The quantitative estimate of drug-likeness (QED) is 0.609. The molecule has 1 heterocycles. The van der Waals surface area contributed by atoms with E-state index in [2.05, 4.69) is 22.3 Å². The Labute approximate surface area is 185 Å². The average Bonchev–Trinajstić information content (AvgIpc) is 3.22. The molecule has 1 aliphatic heterocycles. The third-order valence-corrected chi connectivity index (χ3v) is 5.25. The number of nitrogens with one attached hydrogen (secondary N) is 1. The van der Waals surface area contributed by atoms with Gasteiger partial charge in [-0.15, -0.1) is 24.8 Å². The first-order valence-corrected chi connectivity index (χ1v) is 9.65. The fraction of sp³-hybridized carbons (Fsp3) is 0.409. The van der Waals surface area contributed by atoms with Gasteiger partial charge in [0.2, 0.25) is 5.91 Å². The van der Waals surface area contributed by atoms with Gasteiger partial charge in [0, 0.05) is 18.7 Å². The third kappa shape index (κ3) is 7.11. The largest absolute Gasteiger partial charge is 0.497 e. The predicted molar refractivity (Wildman–Crippen MR) is 123 cm³/mol. The van der Waals surface area contributed by atoms with Gasteiger partial charge in [-0.05, 0) is 61.7 Å². The number of halogens is 2. The Balaban J connectivity index is 0.00000210. The zero-order valence-electron chi connectivity index (χ0n) is 16.8. The molecule has 1 atom stereocenters. The van der Waals surface area contributed by atoms with Gasteiger partial charge in [-0.3, -0.25) is 9.69 Å². The minimum atomic E-state index is 0. The van der Waals surface area contributed by atoms with E-state index in [1.165, 1.54) is 18.4 Å². The van der Waals surface area contributed by atoms with Crippen LogP contribution in [0, 0.1) is 0 Å². The average molecular weight is 440 g/mol. The van der Waals surface area contributed by atoms with Crippen molar-refractivity contribution in [3.8, 4) is 5.75 Å². The van der Waals surface area contributed by atoms with E-state index in [1.807, 2.05) is 36.4 Å². The van der Waals surface area contributed by atoms with E-state index in [4.69, 9.17) is 10.5 Å². The van der Waals surface area contributed by atoms with Crippen LogP contribution in [-0.4, -0.2) is 37.6 Å². The molecule has 1 fully saturated rings. The van der Waals surface area contributed by atoms with Crippen LogP contribution in [0.5, 0.6) is 5.75 Å². The Hall–Kier alpha value is -1.95. The number of likely N-dealkylation sites (tertiary alicyclic amines) is 1. The highest BCUT2D eigenvalue weighted by Gasteiger charge is 2.24. The second-order valence-electron chi connectivity index (χ2n) is 7.03. The number of methoxy groups -OCH3 is 1. The van der Waals surface area contributed by atoms with Crippen LogP contribution in [0.1, 0.15) is 36.4 Å². The van der Waals surface area contributed by atoms with Gasteiger partial charge >= 0.3 is 0 Å². The number of para-hydroxylation sites is 1. The van der Waals surface area contributed by atoms with Crippen LogP contribution < -0.4 is 15.8 Å². The number of ether oxygens (including phenoxy) is 1. The van der Waals surface area contributed by atoms with Crippen LogP contribution in [-0.2, 0) is 11.2 Å². The Morgan fingerprint density at radius 3 is 2.38 bits per heavy atom. The first-order chi connectivity index (χ1) is 13.2. The minimum Gasteiger partial charge on any atom is -0.497 e. The standard InChI is InChI=1S/C22H29N3O2.2ClH/c1-27-19-11-8-18(9-12-19)21(25-14-4-5-15-25)16-24-22(26)13-10-17-6-2-3-7-20(17)23;;/h2-3,6-9,11-12,21H,4-5,10,13-16,23H2,1H3,(H,24,26);2*1H. The van der Waals surface area contributed by atoms with E-state index in [-0.39, 0.29) is 36.8 Å². The van der Waals surface area contributed by atoms with Gasteiger partial charge in [-0.2, -0.15) is 0 Å². The van der Waals surface area contributed by atoms with E-state index < -0.39 is 0 Å². The SMILES string of the molecule is COc1ccc(C(CNC(=O)CCc2ccccc2N)N2CCCC2)cc1.Cl.Cl. The molecule has 160 valence electrons. The molecule has 0 aromatic heterocycles. The molecular formula is C22H31Cl2N3O2. The van der Waals surface area contributed by atoms with Crippen LogP contribution in [0.4, 0.5) is 5.69 Å². The van der Waals surface area contributed by atoms with Crippen LogP contribution in [0.25, 0.3) is 0 Å². The van der Waals surface area contributed by atoms with Crippen LogP contribution in [0.2, 0.25) is 0 Å². The summed E-state index contributed by atoms with van der Waals surface area (Å²) in [6.45, 7) is 2.77. The van der Waals surface area contributed by atoms with E-state index >= 15 is 0 Å². The monoisotopic (exact) mass is 439 g/mol. The number of nitrogens with zero attached hydrogens (tertiary/aromatic N) is 1. The molecule has 0 bridgehead atoms. The first kappa shape index (κ1) is 25.1. The van der Waals surface area contributed by atoms with E-state index in [9.17, 15) is 4.79 Å². The lowest BCUT2D eigenvalue weighted by Crippen LogP contribution is -2.36. The summed E-state index contributed by atoms with van der Waals surface area (Å²) in [7, 11) is 1.67. The van der Waals surface area contributed by atoms with Crippen LogP contribution in [0.3, 0.4) is 0 Å². The Kier molecular flexibility index (Phi) is 10.9. The highest BCUT2D eigenvalue weighted by molar-refractivity contribution is 5.85. The molecule has 2 aromatic rings. The fourth-order valence-corrected chi connectivity index (χ4v) is 3.65. The maximum absolute atomic E-state index is 12.4. The highest BCUT2D eigenvalue weighted by atomic mass is 35.5. The number of anilines is 1. The number of hydrogen-bond donors (Lipinski definition) is 2. The van der Waals surface area contributed by atoms with Crippen molar-refractivity contribution >= 4 is 36.4 Å². The van der Waals surface area contributed by atoms with E-state index in [1.54, 1.807) is 7.11 Å². The number of nitrogen functional groups attached to an aromatic ring is 1. The number of rotatable bonds is 8. The normalized spacial score (nSPS) is 14.4. The molecule has 0 spiro atoms. The van der Waals surface area contributed by atoms with Crippen molar-refractivity contribution in [2.45, 2.75) is 31.7 Å². The van der Waals surface area contributed by atoms with E-state index in [0.29, 0.717) is 19.4 Å². The molecule has 1 unspecified atom stereocenters. The van der Waals surface area contributed by atoms with Crippen molar-refractivity contribution in [3.63, 3.8) is 0 Å². The van der Waals surface area contributed by atoms with Crippen molar-refractivity contribution < 1.29 is 9.53 Å². The molecule has 5 nitrogen and oxygen atoms in total. The summed E-state index contributed by atoms with van der Waals surface area (Å²) in [5.41, 5.74) is 8.95. The molecule has 0 radical (unpaired) electrons. The Morgan fingerprint density at radius 1 is 1.10 bits per heavy atom. The fourth-order valence-electron chi connectivity index (χ4n) is 3.65. The van der Waals surface area contributed by atoms with Crippen LogP contribution >= 0.6 is 24.8 Å². The molecule has 29 heavy (non-hydrogen) atoms. The molecule has 3 N–H and O–H groups in total. The number of nitrogens with two attached hydrogens (primary N) is 1. The number of hydrogen-bond acceptors (Lipinski definition) is 4. The Morgan fingerprint density at radius 2 is 1.76 bits per heavy atom. The highest BCUT2D eigenvalue weighted by Crippen LogP contribution is 2.26. The molecule has 2 aromatic carbocycles. The summed E-state index contributed by atoms with van der Waals surface area (Å²) in [6, 6.07) is 16.1. The van der Waals surface area contributed by atoms with Gasteiger partial charge in [0.05, 0.1) is 13.2 Å². The lowest BCUT2D eigenvalue weighted by Gasteiger charge is -2.28. The third-order valence-electron chi connectivity index (χ3n) is 5.25. The topological polar surface area (TPSA) is 67.6 Å². The zero-order valence-corrected chi connectivity index (χ0v) is 18.4. The van der Waals surface area contributed by atoms with Gasteiger partial charge in [0.1, 0.15) is 5.75 Å². The van der Waals surface area contributed by atoms with E-state index in [0.717, 1.165) is 30.1 Å². The lowest BCUT2D eigenvalue weighted by atomic mass is 10.0. The molecule has 1 aliphatic rings. The van der Waals surface area contributed by atoms with Crippen molar-refractivity contribution in [2.24, 2.45) is 0 Å². The number of carbonyl (C=O) groups is 1. The molecule has 1 saturated heterocycles. The van der Waals surface area contributed by atoms with Gasteiger partial charge in [-0.1, -0.05) is 30.3 Å². The predicted octanol–water partition coefficient (Wildman–Crippen LogP) is 4.01. The van der Waals surface area contributed by atoms with Gasteiger partial charge < -0.3 is 15.8 Å². The summed E-state index contributed by atoms with van der Waals surface area (Å²) in [5.74, 6) is 0.916. The maximum atomic E-state index is 12.4. The smallest absolute Gasteiger partial charge is 0.220 e. The zero-order chi connectivity index (χ0) is 19.1. The van der Waals surface area contributed by atoms with Gasteiger partial charge in [-0.25, -0.2) is 0 Å². The molecule has 1 amide bonds. The van der Waals surface area contributed by atoms with Gasteiger partial charge in [0.15, 0.2) is 0 Å². The minimum absolute atomic E-state index is 0. The number of amides is 1. The summed E-state index contributed by atoms with van der Waals surface area (Å²) >= 11 is 0.